The zero-order chi connectivity index (χ0) is 12.0. The van der Waals surface area contributed by atoms with Crippen molar-refractivity contribution >= 4 is 28.5 Å². The van der Waals surface area contributed by atoms with Crippen LogP contribution in [0.3, 0.4) is 0 Å². The molecule has 4 heteroatoms. The van der Waals surface area contributed by atoms with Gasteiger partial charge in [-0.25, -0.2) is 0 Å². The normalized spacial score (nSPS) is 12.2. The Morgan fingerprint density at radius 1 is 1.44 bits per heavy atom. The molecule has 1 atom stereocenters. The molecule has 0 bridgehead atoms. The van der Waals surface area contributed by atoms with Crippen LogP contribution in [0.25, 0.3) is 0 Å². The van der Waals surface area contributed by atoms with E-state index in [4.69, 9.17) is 5.11 Å². The molecule has 0 radical (unpaired) electrons. The van der Waals surface area contributed by atoms with Gasteiger partial charge < -0.3 is 10.4 Å². The summed E-state index contributed by atoms with van der Waals surface area (Å²) in [5.74, 6) is -0.0725. The first-order chi connectivity index (χ1) is 7.67. The van der Waals surface area contributed by atoms with Gasteiger partial charge in [-0.3, -0.25) is 4.79 Å². The summed E-state index contributed by atoms with van der Waals surface area (Å²) in [6.45, 7) is 2.10. The van der Waals surface area contributed by atoms with Gasteiger partial charge in [-0.2, -0.15) is 0 Å². The van der Waals surface area contributed by atoms with E-state index in [9.17, 15) is 4.79 Å². The third kappa shape index (κ3) is 4.09. The minimum absolute atomic E-state index is 0.0526. The van der Waals surface area contributed by atoms with Crippen molar-refractivity contribution in [3.8, 4) is 0 Å². The number of aliphatic hydroxyl groups excluding tert-OH is 1. The SMILES string of the molecule is CCC(CCO)NC(=O)c1ccc(I)cc1. The zero-order valence-electron chi connectivity index (χ0n) is 9.24. The number of rotatable bonds is 5. The third-order valence-electron chi connectivity index (χ3n) is 2.41. The summed E-state index contributed by atoms with van der Waals surface area (Å²) in [6, 6.07) is 7.48. The molecule has 0 aliphatic heterocycles. The molecule has 16 heavy (non-hydrogen) atoms. The molecular formula is C12H16INO2. The second kappa shape index (κ2) is 6.85. The Morgan fingerprint density at radius 3 is 2.56 bits per heavy atom. The van der Waals surface area contributed by atoms with E-state index in [-0.39, 0.29) is 18.6 Å². The summed E-state index contributed by atoms with van der Waals surface area (Å²) >= 11 is 2.20. The van der Waals surface area contributed by atoms with Crippen molar-refractivity contribution in [1.29, 1.82) is 0 Å². The minimum Gasteiger partial charge on any atom is -0.396 e. The van der Waals surface area contributed by atoms with Gasteiger partial charge in [0.1, 0.15) is 0 Å². The number of carbonyl (C=O) groups is 1. The van der Waals surface area contributed by atoms with Crippen LogP contribution in [0.5, 0.6) is 0 Å². The zero-order valence-corrected chi connectivity index (χ0v) is 11.4. The number of halogens is 1. The lowest BCUT2D eigenvalue weighted by molar-refractivity contribution is 0.0929. The van der Waals surface area contributed by atoms with E-state index in [0.717, 1.165) is 9.99 Å². The number of carbonyl (C=O) groups excluding carboxylic acids is 1. The quantitative estimate of drug-likeness (QED) is 0.812. The van der Waals surface area contributed by atoms with Crippen LogP contribution in [0.4, 0.5) is 0 Å². The Kier molecular flexibility index (Phi) is 5.76. The minimum atomic E-state index is -0.0725. The molecule has 1 aromatic carbocycles. The Bertz CT molecular complexity index is 337. The van der Waals surface area contributed by atoms with E-state index in [1.165, 1.54) is 0 Å². The van der Waals surface area contributed by atoms with Crippen LogP contribution in [0.2, 0.25) is 0 Å². The van der Waals surface area contributed by atoms with Gasteiger partial charge in [0.2, 0.25) is 0 Å². The van der Waals surface area contributed by atoms with Crippen molar-refractivity contribution in [2.45, 2.75) is 25.8 Å². The van der Waals surface area contributed by atoms with Crippen molar-refractivity contribution < 1.29 is 9.90 Å². The predicted octanol–water partition coefficient (Wildman–Crippen LogP) is 2.18. The number of amides is 1. The summed E-state index contributed by atoms with van der Waals surface area (Å²) in [4.78, 5) is 11.8. The molecule has 88 valence electrons. The van der Waals surface area contributed by atoms with E-state index < -0.39 is 0 Å². The molecule has 0 fully saturated rings. The molecule has 1 rings (SSSR count). The maximum Gasteiger partial charge on any atom is 0.251 e. The van der Waals surface area contributed by atoms with Gasteiger partial charge in [-0.05, 0) is 59.7 Å². The fraction of sp³-hybridized carbons (Fsp3) is 0.417. The lowest BCUT2D eigenvalue weighted by Crippen LogP contribution is -2.35. The highest BCUT2D eigenvalue weighted by molar-refractivity contribution is 14.1. The van der Waals surface area contributed by atoms with E-state index >= 15 is 0 Å². The van der Waals surface area contributed by atoms with Gasteiger partial charge in [0.25, 0.3) is 5.91 Å². The number of aliphatic hydroxyl groups is 1. The van der Waals surface area contributed by atoms with Crippen LogP contribution < -0.4 is 5.32 Å². The fourth-order valence-electron chi connectivity index (χ4n) is 1.40. The summed E-state index contributed by atoms with van der Waals surface area (Å²) < 4.78 is 1.11. The fourth-order valence-corrected chi connectivity index (χ4v) is 1.76. The molecule has 0 aromatic heterocycles. The van der Waals surface area contributed by atoms with Gasteiger partial charge in [-0.1, -0.05) is 6.92 Å². The molecule has 0 saturated heterocycles. The monoisotopic (exact) mass is 333 g/mol. The lowest BCUT2D eigenvalue weighted by Gasteiger charge is -2.15. The molecular weight excluding hydrogens is 317 g/mol. The molecule has 0 spiro atoms. The first kappa shape index (κ1) is 13.4. The lowest BCUT2D eigenvalue weighted by atomic mass is 10.1. The van der Waals surface area contributed by atoms with Crippen LogP contribution in [0.1, 0.15) is 30.1 Å². The molecule has 3 nitrogen and oxygen atoms in total. The van der Waals surface area contributed by atoms with Crippen molar-refractivity contribution in [2.75, 3.05) is 6.61 Å². The molecule has 1 amide bonds. The molecule has 1 aromatic rings. The van der Waals surface area contributed by atoms with E-state index in [0.29, 0.717) is 12.0 Å². The Labute approximate surface area is 109 Å². The molecule has 2 N–H and O–H groups in total. The largest absolute Gasteiger partial charge is 0.396 e. The van der Waals surface area contributed by atoms with Gasteiger partial charge in [0.15, 0.2) is 0 Å². The standard InChI is InChI=1S/C12H16INO2/c1-2-11(7-8-15)14-12(16)9-3-5-10(13)6-4-9/h3-6,11,15H,2,7-8H2,1H3,(H,14,16). The Balaban J connectivity index is 2.60. The topological polar surface area (TPSA) is 49.3 Å². The molecule has 0 heterocycles. The second-order valence-electron chi connectivity index (χ2n) is 3.60. The summed E-state index contributed by atoms with van der Waals surface area (Å²) in [5.41, 5.74) is 0.664. The average Bonchev–Trinajstić information content (AvgIpc) is 2.29. The van der Waals surface area contributed by atoms with Crippen LogP contribution in [-0.4, -0.2) is 23.7 Å². The van der Waals surface area contributed by atoms with Crippen molar-refractivity contribution in [1.82, 2.24) is 5.32 Å². The van der Waals surface area contributed by atoms with Gasteiger partial charge in [-0.15, -0.1) is 0 Å². The summed E-state index contributed by atoms with van der Waals surface area (Å²) in [7, 11) is 0. The second-order valence-corrected chi connectivity index (χ2v) is 4.84. The van der Waals surface area contributed by atoms with Crippen LogP contribution in [-0.2, 0) is 0 Å². The number of hydrogen-bond acceptors (Lipinski definition) is 2. The highest BCUT2D eigenvalue weighted by Gasteiger charge is 2.11. The maximum absolute atomic E-state index is 11.8. The molecule has 0 saturated carbocycles. The van der Waals surface area contributed by atoms with Crippen molar-refractivity contribution in [3.05, 3.63) is 33.4 Å². The van der Waals surface area contributed by atoms with Gasteiger partial charge >= 0.3 is 0 Å². The smallest absolute Gasteiger partial charge is 0.251 e. The van der Waals surface area contributed by atoms with Crippen LogP contribution >= 0.6 is 22.6 Å². The van der Waals surface area contributed by atoms with E-state index in [1.807, 2.05) is 31.2 Å². The van der Waals surface area contributed by atoms with Crippen molar-refractivity contribution in [2.24, 2.45) is 0 Å². The maximum atomic E-state index is 11.8. The summed E-state index contributed by atoms with van der Waals surface area (Å²) in [6.07, 6.45) is 1.43. The van der Waals surface area contributed by atoms with Gasteiger partial charge in [0, 0.05) is 21.8 Å². The Hall–Kier alpha value is -0.620. The van der Waals surface area contributed by atoms with Crippen LogP contribution in [0, 0.1) is 3.57 Å². The first-order valence-electron chi connectivity index (χ1n) is 5.34. The average molecular weight is 333 g/mol. The number of hydrogen-bond donors (Lipinski definition) is 2. The van der Waals surface area contributed by atoms with E-state index in [1.54, 1.807) is 0 Å². The molecule has 0 aliphatic rings. The van der Waals surface area contributed by atoms with Gasteiger partial charge in [0.05, 0.1) is 0 Å². The Morgan fingerprint density at radius 2 is 2.06 bits per heavy atom. The van der Waals surface area contributed by atoms with E-state index in [2.05, 4.69) is 27.9 Å². The summed E-state index contributed by atoms with van der Waals surface area (Å²) in [5, 5.41) is 11.7. The molecule has 1 unspecified atom stereocenters. The third-order valence-corrected chi connectivity index (χ3v) is 3.13. The highest BCUT2D eigenvalue weighted by atomic mass is 127. The predicted molar refractivity (Wildman–Crippen MR) is 72.4 cm³/mol. The molecule has 0 aliphatic carbocycles. The number of benzene rings is 1. The van der Waals surface area contributed by atoms with Crippen molar-refractivity contribution in [3.63, 3.8) is 0 Å². The first-order valence-corrected chi connectivity index (χ1v) is 6.42. The van der Waals surface area contributed by atoms with Crippen LogP contribution in [0.15, 0.2) is 24.3 Å². The highest BCUT2D eigenvalue weighted by Crippen LogP contribution is 2.07. The number of nitrogens with one attached hydrogen (secondary N) is 1.